The number of piperidine rings is 1. The van der Waals surface area contributed by atoms with E-state index < -0.39 is 10.0 Å². The molecule has 2 aliphatic heterocycles. The maximum Gasteiger partial charge on any atom is 0.305 e. The minimum atomic E-state index is -3.79. The summed E-state index contributed by atoms with van der Waals surface area (Å²) in [4.78, 5) is 26.7. The minimum Gasteiger partial charge on any atom is -0.469 e. The number of rotatable bonds is 6. The molecule has 2 aromatic carbocycles. The van der Waals surface area contributed by atoms with Gasteiger partial charge in [-0.3, -0.25) is 9.59 Å². The number of ether oxygens (including phenoxy) is 2. The van der Waals surface area contributed by atoms with E-state index in [9.17, 15) is 18.0 Å². The second-order valence-electron chi connectivity index (χ2n) is 9.32. The predicted octanol–water partition coefficient (Wildman–Crippen LogP) is 3.26. The first kappa shape index (κ1) is 23.6. The summed E-state index contributed by atoms with van der Waals surface area (Å²) >= 11 is 0. The van der Waals surface area contributed by atoms with E-state index in [1.54, 1.807) is 41.4 Å². The monoisotopic (exact) mass is 496 g/mol. The van der Waals surface area contributed by atoms with Crippen LogP contribution in [0.5, 0.6) is 0 Å². The van der Waals surface area contributed by atoms with E-state index in [1.165, 1.54) is 11.1 Å². The van der Waals surface area contributed by atoms with Gasteiger partial charge in [-0.1, -0.05) is 35.9 Å². The first-order valence-corrected chi connectivity index (χ1v) is 13.1. The Bertz CT molecular complexity index is 1380. The van der Waals surface area contributed by atoms with Crippen LogP contribution in [-0.4, -0.2) is 55.2 Å². The molecule has 0 spiro atoms. The first-order chi connectivity index (χ1) is 16.8. The van der Waals surface area contributed by atoms with Gasteiger partial charge in [0.15, 0.2) is 0 Å². The molecule has 0 bridgehead atoms. The number of aryl methyl sites for hydroxylation is 1. The van der Waals surface area contributed by atoms with Gasteiger partial charge in [0.1, 0.15) is 6.23 Å². The van der Waals surface area contributed by atoms with Crippen molar-refractivity contribution in [2.75, 3.05) is 13.7 Å². The van der Waals surface area contributed by atoms with Crippen LogP contribution in [-0.2, 0) is 35.5 Å². The highest BCUT2D eigenvalue weighted by molar-refractivity contribution is 7.90. The molecule has 5 rings (SSSR count). The number of fused-ring (bicyclic) bond motifs is 2. The number of amides is 1. The summed E-state index contributed by atoms with van der Waals surface area (Å²) in [6.45, 7) is 2.28. The fraction of sp³-hybridized carbons (Fsp3) is 0.385. The molecule has 9 heteroatoms. The Morgan fingerprint density at radius 1 is 1.14 bits per heavy atom. The molecule has 0 saturated carbocycles. The van der Waals surface area contributed by atoms with Gasteiger partial charge < -0.3 is 14.4 Å². The highest BCUT2D eigenvalue weighted by Gasteiger charge is 2.44. The van der Waals surface area contributed by atoms with Crippen LogP contribution in [0.15, 0.2) is 59.6 Å². The SMILES string of the molecule is COC(=O)C[C@H]1CC(=O)N2[C@@H](Cc3cn(S(=O)(=O)c4ccc(C)cc4)c4ccccc34)CO[C@H]2C1. The number of para-hydroxylation sites is 1. The van der Waals surface area contributed by atoms with E-state index >= 15 is 0 Å². The third-order valence-corrected chi connectivity index (χ3v) is 8.64. The molecule has 35 heavy (non-hydrogen) atoms. The summed E-state index contributed by atoms with van der Waals surface area (Å²) in [7, 11) is -2.45. The van der Waals surface area contributed by atoms with Crippen molar-refractivity contribution in [3.8, 4) is 0 Å². The minimum absolute atomic E-state index is 0.0475. The summed E-state index contributed by atoms with van der Waals surface area (Å²) in [6, 6.07) is 14.0. The molecule has 3 atom stereocenters. The molecule has 8 nitrogen and oxygen atoms in total. The molecule has 0 radical (unpaired) electrons. The maximum atomic E-state index is 13.5. The van der Waals surface area contributed by atoms with Crippen LogP contribution in [0.4, 0.5) is 0 Å². The lowest BCUT2D eigenvalue weighted by Crippen LogP contribution is -2.48. The van der Waals surface area contributed by atoms with Crippen LogP contribution in [0.2, 0.25) is 0 Å². The molecule has 2 aliphatic rings. The number of hydrogen-bond acceptors (Lipinski definition) is 6. The second-order valence-corrected chi connectivity index (χ2v) is 11.1. The number of carbonyl (C=O) groups is 2. The van der Waals surface area contributed by atoms with Gasteiger partial charge in [-0.25, -0.2) is 12.4 Å². The zero-order valence-corrected chi connectivity index (χ0v) is 20.5. The van der Waals surface area contributed by atoms with E-state index in [2.05, 4.69) is 0 Å². The van der Waals surface area contributed by atoms with Crippen molar-refractivity contribution in [3.05, 3.63) is 65.9 Å². The third kappa shape index (κ3) is 4.34. The molecule has 2 fully saturated rings. The van der Waals surface area contributed by atoms with Crippen LogP contribution in [0.1, 0.15) is 30.4 Å². The molecular formula is C26H28N2O6S. The Labute approximate surface area is 204 Å². The Kier molecular flexibility index (Phi) is 6.14. The maximum absolute atomic E-state index is 13.5. The van der Waals surface area contributed by atoms with E-state index in [1.807, 2.05) is 25.1 Å². The van der Waals surface area contributed by atoms with Crippen molar-refractivity contribution in [2.45, 2.75) is 49.8 Å². The molecule has 1 aromatic heterocycles. The van der Waals surface area contributed by atoms with Crippen molar-refractivity contribution in [3.63, 3.8) is 0 Å². The van der Waals surface area contributed by atoms with E-state index in [0.29, 0.717) is 25.0 Å². The molecule has 0 unspecified atom stereocenters. The number of carbonyl (C=O) groups excluding carboxylic acids is 2. The lowest BCUT2D eigenvalue weighted by molar-refractivity contribution is -0.149. The molecule has 2 saturated heterocycles. The van der Waals surface area contributed by atoms with Gasteiger partial charge in [-0.15, -0.1) is 0 Å². The topological polar surface area (TPSA) is 94.9 Å². The van der Waals surface area contributed by atoms with Crippen LogP contribution in [0.25, 0.3) is 10.9 Å². The lowest BCUT2D eigenvalue weighted by atomic mass is 9.91. The van der Waals surface area contributed by atoms with Crippen molar-refractivity contribution in [1.82, 2.24) is 8.87 Å². The van der Waals surface area contributed by atoms with Gasteiger partial charge in [-0.05, 0) is 49.4 Å². The molecular weight excluding hydrogens is 468 g/mol. The predicted molar refractivity (Wildman–Crippen MR) is 129 cm³/mol. The van der Waals surface area contributed by atoms with Crippen molar-refractivity contribution >= 4 is 32.8 Å². The van der Waals surface area contributed by atoms with Gasteiger partial charge in [0, 0.05) is 24.4 Å². The van der Waals surface area contributed by atoms with Crippen molar-refractivity contribution in [2.24, 2.45) is 5.92 Å². The Balaban J connectivity index is 1.43. The number of methoxy groups -OCH3 is 1. The normalized spacial score (nSPS) is 22.4. The van der Waals surface area contributed by atoms with Crippen LogP contribution in [0.3, 0.4) is 0 Å². The average molecular weight is 497 g/mol. The molecule has 1 amide bonds. The fourth-order valence-electron chi connectivity index (χ4n) is 5.17. The number of nitrogens with zero attached hydrogens (tertiary/aromatic N) is 2. The Morgan fingerprint density at radius 2 is 1.89 bits per heavy atom. The van der Waals surface area contributed by atoms with Crippen LogP contribution >= 0.6 is 0 Å². The van der Waals surface area contributed by atoms with Gasteiger partial charge in [0.25, 0.3) is 10.0 Å². The highest BCUT2D eigenvalue weighted by Crippen LogP contribution is 2.35. The molecule has 3 aromatic rings. The van der Waals surface area contributed by atoms with Gasteiger partial charge >= 0.3 is 5.97 Å². The van der Waals surface area contributed by atoms with Crippen molar-refractivity contribution < 1.29 is 27.5 Å². The van der Waals surface area contributed by atoms with E-state index in [-0.39, 0.29) is 47.8 Å². The lowest BCUT2D eigenvalue weighted by Gasteiger charge is -2.35. The Hall–Kier alpha value is -3.17. The zero-order valence-electron chi connectivity index (χ0n) is 19.7. The molecule has 0 N–H and O–H groups in total. The third-order valence-electron chi connectivity index (χ3n) is 6.95. The number of benzene rings is 2. The standard InChI is InChI=1S/C26H28N2O6S/c1-17-7-9-21(10-8-17)35(31,32)27-15-19(22-5-3-4-6-23(22)27)14-20-16-34-25-12-18(13-26(30)33-2)11-24(29)28(20)25/h3-10,15,18,20,25H,11-14,16H2,1-2H3/t18-,20-,25-/m0/s1. The first-order valence-electron chi connectivity index (χ1n) is 11.7. The second kappa shape index (κ2) is 9.13. The smallest absolute Gasteiger partial charge is 0.305 e. The summed E-state index contributed by atoms with van der Waals surface area (Å²) < 4.78 is 39.0. The summed E-state index contributed by atoms with van der Waals surface area (Å²) in [6.07, 6.45) is 2.82. The molecule has 184 valence electrons. The summed E-state index contributed by atoms with van der Waals surface area (Å²) in [5.41, 5.74) is 2.43. The largest absolute Gasteiger partial charge is 0.469 e. The van der Waals surface area contributed by atoms with Crippen LogP contribution in [0, 0.1) is 12.8 Å². The number of hydrogen-bond donors (Lipinski definition) is 0. The average Bonchev–Trinajstić information content (AvgIpc) is 3.42. The Morgan fingerprint density at radius 3 is 2.63 bits per heavy atom. The van der Waals surface area contributed by atoms with E-state index in [4.69, 9.17) is 9.47 Å². The van der Waals surface area contributed by atoms with Gasteiger partial charge in [0.05, 0.1) is 30.2 Å². The van der Waals surface area contributed by atoms with E-state index in [0.717, 1.165) is 16.5 Å². The number of esters is 1. The van der Waals surface area contributed by atoms with Gasteiger partial charge in [-0.2, -0.15) is 0 Å². The zero-order chi connectivity index (χ0) is 24.7. The quantitative estimate of drug-likeness (QED) is 0.486. The van der Waals surface area contributed by atoms with Gasteiger partial charge in [0.2, 0.25) is 5.91 Å². The molecule has 3 heterocycles. The fourth-order valence-corrected chi connectivity index (χ4v) is 6.56. The van der Waals surface area contributed by atoms with Crippen molar-refractivity contribution in [1.29, 1.82) is 0 Å². The summed E-state index contributed by atoms with van der Waals surface area (Å²) in [5, 5.41) is 0.833. The number of aromatic nitrogens is 1. The molecule has 0 aliphatic carbocycles. The highest BCUT2D eigenvalue weighted by atomic mass is 32.2. The van der Waals surface area contributed by atoms with Crippen LogP contribution < -0.4 is 0 Å². The summed E-state index contributed by atoms with van der Waals surface area (Å²) in [5.74, 6) is -0.474.